The minimum atomic E-state index is -0.702. The number of ether oxygens (including phenoxy) is 2. The van der Waals surface area contributed by atoms with Crippen molar-refractivity contribution < 1.29 is 28.8 Å². The third-order valence-corrected chi connectivity index (χ3v) is 5.56. The van der Waals surface area contributed by atoms with Crippen LogP contribution >= 0.6 is 27.7 Å². The van der Waals surface area contributed by atoms with Crippen LogP contribution in [0.5, 0.6) is 5.75 Å². The van der Waals surface area contributed by atoms with Crippen LogP contribution in [0.4, 0.5) is 10.5 Å². The summed E-state index contributed by atoms with van der Waals surface area (Å²) >= 11 is 4.07. The standard InChI is InChI=1S/C20H15BrN2O7S/c1-29-18(24)10-22-19(25)17(31-20(22)26)9-13-8-14(21)5-6-16(13)30-11-12-3-2-4-15(7-12)23(27)28/h2-9H,10-11H2,1H3/b17-9-. The van der Waals surface area contributed by atoms with E-state index in [0.717, 1.165) is 9.37 Å². The second kappa shape index (κ2) is 9.75. The van der Waals surface area contributed by atoms with Crippen LogP contribution in [0.3, 0.4) is 0 Å². The van der Waals surface area contributed by atoms with Crippen molar-refractivity contribution in [3.63, 3.8) is 0 Å². The molecule has 0 aromatic heterocycles. The number of hydrogen-bond donors (Lipinski definition) is 0. The lowest BCUT2D eigenvalue weighted by Crippen LogP contribution is -2.34. The number of nitro groups is 1. The van der Waals surface area contributed by atoms with Gasteiger partial charge in [0.25, 0.3) is 16.8 Å². The van der Waals surface area contributed by atoms with Crippen molar-refractivity contribution >= 4 is 56.6 Å². The van der Waals surface area contributed by atoms with Gasteiger partial charge in [-0.25, -0.2) is 0 Å². The SMILES string of the molecule is COC(=O)CN1C(=O)S/C(=C\c2cc(Br)ccc2OCc2cccc([N+](=O)[O-])c2)C1=O. The van der Waals surface area contributed by atoms with Crippen molar-refractivity contribution in [2.45, 2.75) is 6.61 Å². The Morgan fingerprint density at radius 3 is 2.74 bits per heavy atom. The van der Waals surface area contributed by atoms with E-state index in [2.05, 4.69) is 20.7 Å². The highest BCUT2D eigenvalue weighted by atomic mass is 79.9. The van der Waals surface area contributed by atoms with Crippen molar-refractivity contribution in [3.8, 4) is 5.75 Å². The van der Waals surface area contributed by atoms with Gasteiger partial charge in [-0.05, 0) is 41.6 Å². The summed E-state index contributed by atoms with van der Waals surface area (Å²) in [4.78, 5) is 47.5. The number of hydrogen-bond acceptors (Lipinski definition) is 8. The maximum atomic E-state index is 12.5. The van der Waals surface area contributed by atoms with Gasteiger partial charge >= 0.3 is 5.97 Å². The second-order valence-corrected chi connectivity index (χ2v) is 8.15. The fourth-order valence-electron chi connectivity index (χ4n) is 2.66. The molecule has 11 heteroatoms. The number of esters is 1. The Morgan fingerprint density at radius 1 is 1.26 bits per heavy atom. The van der Waals surface area contributed by atoms with E-state index in [1.807, 2.05) is 0 Å². The molecule has 0 saturated carbocycles. The normalized spacial score (nSPS) is 14.8. The van der Waals surface area contributed by atoms with Gasteiger partial charge in [-0.2, -0.15) is 0 Å². The summed E-state index contributed by atoms with van der Waals surface area (Å²) < 4.78 is 11.0. The number of rotatable bonds is 7. The average molecular weight is 507 g/mol. The zero-order valence-electron chi connectivity index (χ0n) is 16.1. The maximum absolute atomic E-state index is 12.5. The first kappa shape index (κ1) is 22.5. The van der Waals surface area contributed by atoms with Crippen molar-refractivity contribution in [3.05, 3.63) is 73.1 Å². The van der Waals surface area contributed by atoms with E-state index in [-0.39, 0.29) is 17.2 Å². The smallest absolute Gasteiger partial charge is 0.325 e. The molecule has 0 aliphatic carbocycles. The zero-order chi connectivity index (χ0) is 22.5. The Labute approximate surface area is 189 Å². The molecule has 2 aromatic rings. The minimum absolute atomic E-state index is 0.0450. The first-order chi connectivity index (χ1) is 14.8. The zero-order valence-corrected chi connectivity index (χ0v) is 18.5. The van der Waals surface area contributed by atoms with Gasteiger partial charge in [0.05, 0.1) is 16.9 Å². The van der Waals surface area contributed by atoms with E-state index in [4.69, 9.17) is 4.74 Å². The van der Waals surface area contributed by atoms with Crippen LogP contribution in [0, 0.1) is 10.1 Å². The molecule has 1 aliphatic heterocycles. The lowest BCUT2D eigenvalue weighted by molar-refractivity contribution is -0.384. The number of non-ortho nitro benzene ring substituents is 1. The van der Waals surface area contributed by atoms with Gasteiger partial charge < -0.3 is 9.47 Å². The highest BCUT2D eigenvalue weighted by Gasteiger charge is 2.36. The Kier molecular flexibility index (Phi) is 7.08. The van der Waals surface area contributed by atoms with Crippen LogP contribution in [0.15, 0.2) is 51.8 Å². The van der Waals surface area contributed by atoms with Crippen molar-refractivity contribution in [1.82, 2.24) is 4.90 Å². The number of amides is 2. The lowest BCUT2D eigenvalue weighted by Gasteiger charge is -2.11. The molecule has 1 saturated heterocycles. The number of carbonyl (C=O) groups excluding carboxylic acids is 3. The Hall–Kier alpha value is -3.18. The van der Waals surface area contributed by atoms with Crippen LogP contribution in [-0.2, 0) is 20.9 Å². The molecule has 0 radical (unpaired) electrons. The first-order valence-corrected chi connectivity index (χ1v) is 10.4. The minimum Gasteiger partial charge on any atom is -0.488 e. The molecule has 3 rings (SSSR count). The van der Waals surface area contributed by atoms with E-state index in [9.17, 15) is 24.5 Å². The fraction of sp³-hybridized carbons (Fsp3) is 0.150. The van der Waals surface area contributed by atoms with Crippen molar-refractivity contribution in [1.29, 1.82) is 0 Å². The van der Waals surface area contributed by atoms with E-state index < -0.39 is 28.6 Å². The topological polar surface area (TPSA) is 116 Å². The third kappa shape index (κ3) is 5.50. The van der Waals surface area contributed by atoms with Crippen LogP contribution in [0.25, 0.3) is 6.08 Å². The molecule has 0 bridgehead atoms. The molecule has 2 aromatic carbocycles. The third-order valence-electron chi connectivity index (χ3n) is 4.16. The molecular formula is C20H15BrN2O7S. The Morgan fingerprint density at radius 2 is 2.03 bits per heavy atom. The van der Waals surface area contributed by atoms with Crippen molar-refractivity contribution in [2.24, 2.45) is 0 Å². The van der Waals surface area contributed by atoms with Crippen LogP contribution < -0.4 is 4.74 Å². The largest absolute Gasteiger partial charge is 0.488 e. The van der Waals surface area contributed by atoms with Crippen molar-refractivity contribution in [2.75, 3.05) is 13.7 Å². The fourth-order valence-corrected chi connectivity index (χ4v) is 3.86. The van der Waals surface area contributed by atoms with Gasteiger partial charge in [0.15, 0.2) is 0 Å². The van der Waals surface area contributed by atoms with E-state index >= 15 is 0 Å². The van der Waals surface area contributed by atoms with Gasteiger partial charge in [-0.3, -0.25) is 29.4 Å². The summed E-state index contributed by atoms with van der Waals surface area (Å²) in [5.41, 5.74) is 1.07. The molecule has 1 fully saturated rings. The molecule has 160 valence electrons. The summed E-state index contributed by atoms with van der Waals surface area (Å²) in [6.45, 7) is -0.402. The molecule has 2 amide bonds. The summed E-state index contributed by atoms with van der Waals surface area (Å²) in [7, 11) is 1.17. The molecular weight excluding hydrogens is 492 g/mol. The van der Waals surface area contributed by atoms with Gasteiger partial charge in [0.2, 0.25) is 0 Å². The van der Waals surface area contributed by atoms with Crippen LogP contribution in [0.2, 0.25) is 0 Å². The van der Waals surface area contributed by atoms with Crippen LogP contribution in [-0.4, -0.2) is 40.6 Å². The highest BCUT2D eigenvalue weighted by Crippen LogP contribution is 2.35. The van der Waals surface area contributed by atoms with Crippen LogP contribution in [0.1, 0.15) is 11.1 Å². The molecule has 0 atom stereocenters. The first-order valence-electron chi connectivity index (χ1n) is 8.76. The number of halogens is 1. The molecule has 1 aliphatic rings. The molecule has 0 unspecified atom stereocenters. The van der Waals surface area contributed by atoms with E-state index in [1.165, 1.54) is 25.3 Å². The average Bonchev–Trinajstić information content (AvgIpc) is 3.00. The molecule has 0 spiro atoms. The molecule has 0 N–H and O–H groups in total. The van der Waals surface area contributed by atoms with Gasteiger partial charge in [0.1, 0.15) is 18.9 Å². The summed E-state index contributed by atoms with van der Waals surface area (Å²) in [5, 5.41) is 10.4. The summed E-state index contributed by atoms with van der Waals surface area (Å²) in [6.07, 6.45) is 1.50. The number of nitrogens with zero attached hydrogens (tertiary/aromatic N) is 2. The summed E-state index contributed by atoms with van der Waals surface area (Å²) in [5.74, 6) is -0.897. The van der Waals surface area contributed by atoms with Gasteiger partial charge in [0, 0.05) is 22.2 Å². The van der Waals surface area contributed by atoms with E-state index in [1.54, 1.807) is 30.3 Å². The lowest BCUT2D eigenvalue weighted by atomic mass is 10.1. The summed E-state index contributed by atoms with van der Waals surface area (Å²) in [6, 6.07) is 11.2. The number of methoxy groups -OCH3 is 1. The number of benzene rings is 2. The molecule has 31 heavy (non-hydrogen) atoms. The van der Waals surface area contributed by atoms with Gasteiger partial charge in [-0.15, -0.1) is 0 Å². The highest BCUT2D eigenvalue weighted by molar-refractivity contribution is 9.10. The number of nitro benzene ring substituents is 1. The second-order valence-electron chi connectivity index (χ2n) is 6.24. The predicted octanol–water partition coefficient (Wildman–Crippen LogP) is 4.15. The number of carbonyl (C=O) groups is 3. The monoisotopic (exact) mass is 506 g/mol. The number of imide groups is 1. The molecule has 1 heterocycles. The number of thioether (sulfide) groups is 1. The Balaban J connectivity index is 1.83. The predicted molar refractivity (Wildman–Crippen MR) is 116 cm³/mol. The molecule has 9 nitrogen and oxygen atoms in total. The van der Waals surface area contributed by atoms with Gasteiger partial charge in [-0.1, -0.05) is 28.1 Å². The Bertz CT molecular complexity index is 1100. The quantitative estimate of drug-likeness (QED) is 0.238. The maximum Gasteiger partial charge on any atom is 0.325 e. The van der Waals surface area contributed by atoms with E-state index in [0.29, 0.717) is 28.6 Å².